The second-order valence-electron chi connectivity index (χ2n) is 3.87. The fourth-order valence-corrected chi connectivity index (χ4v) is 1.61. The van der Waals surface area contributed by atoms with Crippen molar-refractivity contribution in [3.05, 3.63) is 48.0 Å². The van der Waals surface area contributed by atoms with Gasteiger partial charge in [-0.15, -0.1) is 0 Å². The van der Waals surface area contributed by atoms with Crippen LogP contribution in [-0.2, 0) is 6.54 Å². The van der Waals surface area contributed by atoms with Crippen molar-refractivity contribution in [2.24, 2.45) is 0 Å². The Morgan fingerprint density at radius 3 is 3.06 bits per heavy atom. The van der Waals surface area contributed by atoms with Gasteiger partial charge < -0.3 is 15.6 Å². The standard InChI is InChI=1S/C13H16N4O/c1-2-15-13(18)10-4-3-5-11(6-10)16-8-12-7-14-9-17-12/h3-7,9,16H,2,8H2,1H3,(H,14,17)(H,15,18). The molecule has 1 heterocycles. The van der Waals surface area contributed by atoms with E-state index < -0.39 is 0 Å². The van der Waals surface area contributed by atoms with Crippen LogP contribution in [0.2, 0.25) is 0 Å². The Bertz CT molecular complexity index is 507. The first-order valence-corrected chi connectivity index (χ1v) is 5.89. The van der Waals surface area contributed by atoms with E-state index in [1.807, 2.05) is 25.1 Å². The second kappa shape index (κ2) is 5.86. The van der Waals surface area contributed by atoms with Gasteiger partial charge in [0.05, 0.1) is 18.6 Å². The molecule has 1 aromatic heterocycles. The van der Waals surface area contributed by atoms with E-state index in [0.29, 0.717) is 18.7 Å². The number of rotatable bonds is 5. The molecular formula is C13H16N4O. The van der Waals surface area contributed by atoms with Gasteiger partial charge in [0.25, 0.3) is 5.91 Å². The van der Waals surface area contributed by atoms with E-state index in [2.05, 4.69) is 20.6 Å². The molecule has 2 aromatic rings. The molecule has 0 spiro atoms. The molecule has 94 valence electrons. The molecule has 5 nitrogen and oxygen atoms in total. The third-order valence-corrected chi connectivity index (χ3v) is 2.50. The van der Waals surface area contributed by atoms with E-state index in [1.165, 1.54) is 0 Å². The van der Waals surface area contributed by atoms with E-state index >= 15 is 0 Å². The maximum atomic E-state index is 11.7. The molecule has 18 heavy (non-hydrogen) atoms. The topological polar surface area (TPSA) is 69.8 Å². The van der Waals surface area contributed by atoms with E-state index in [4.69, 9.17) is 0 Å². The number of benzene rings is 1. The maximum Gasteiger partial charge on any atom is 0.251 e. The summed E-state index contributed by atoms with van der Waals surface area (Å²) in [5.74, 6) is -0.0531. The molecule has 5 heteroatoms. The van der Waals surface area contributed by atoms with Crippen molar-refractivity contribution in [2.75, 3.05) is 11.9 Å². The number of nitrogens with zero attached hydrogens (tertiary/aromatic N) is 1. The number of carbonyl (C=O) groups is 1. The highest BCUT2D eigenvalue weighted by atomic mass is 16.1. The predicted octanol–water partition coefficient (Wildman–Crippen LogP) is 1.77. The first-order valence-electron chi connectivity index (χ1n) is 5.89. The van der Waals surface area contributed by atoms with Crippen LogP contribution in [0.25, 0.3) is 0 Å². The van der Waals surface area contributed by atoms with Crippen molar-refractivity contribution in [3.63, 3.8) is 0 Å². The smallest absolute Gasteiger partial charge is 0.251 e. The van der Waals surface area contributed by atoms with E-state index in [1.54, 1.807) is 18.6 Å². The number of anilines is 1. The second-order valence-corrected chi connectivity index (χ2v) is 3.87. The van der Waals surface area contributed by atoms with Gasteiger partial charge in [0, 0.05) is 24.0 Å². The molecule has 0 bridgehead atoms. The van der Waals surface area contributed by atoms with Crippen LogP contribution in [0.1, 0.15) is 23.0 Å². The number of hydrogen-bond donors (Lipinski definition) is 3. The lowest BCUT2D eigenvalue weighted by molar-refractivity contribution is 0.0956. The van der Waals surface area contributed by atoms with E-state index in [-0.39, 0.29) is 5.91 Å². The van der Waals surface area contributed by atoms with Gasteiger partial charge in [-0.25, -0.2) is 4.98 Å². The third kappa shape index (κ3) is 3.10. The number of imidazole rings is 1. The van der Waals surface area contributed by atoms with Crippen LogP contribution in [0.15, 0.2) is 36.8 Å². The Balaban J connectivity index is 2.01. The predicted molar refractivity (Wildman–Crippen MR) is 70.4 cm³/mol. The molecular weight excluding hydrogens is 228 g/mol. The van der Waals surface area contributed by atoms with Crippen LogP contribution >= 0.6 is 0 Å². The first kappa shape index (κ1) is 12.2. The summed E-state index contributed by atoms with van der Waals surface area (Å²) >= 11 is 0. The Kier molecular flexibility index (Phi) is 3.96. The molecule has 0 saturated heterocycles. The summed E-state index contributed by atoms with van der Waals surface area (Å²) in [6.07, 6.45) is 3.41. The van der Waals surface area contributed by atoms with Crippen LogP contribution in [0.4, 0.5) is 5.69 Å². The Morgan fingerprint density at radius 1 is 1.44 bits per heavy atom. The highest BCUT2D eigenvalue weighted by Crippen LogP contribution is 2.11. The molecule has 0 unspecified atom stereocenters. The Hall–Kier alpha value is -2.30. The number of aromatic amines is 1. The molecule has 1 amide bonds. The molecule has 2 rings (SSSR count). The van der Waals surface area contributed by atoms with Crippen LogP contribution in [0, 0.1) is 0 Å². The van der Waals surface area contributed by atoms with Crippen molar-refractivity contribution in [2.45, 2.75) is 13.5 Å². The normalized spacial score (nSPS) is 10.1. The minimum atomic E-state index is -0.0531. The van der Waals surface area contributed by atoms with Crippen LogP contribution in [-0.4, -0.2) is 22.4 Å². The van der Waals surface area contributed by atoms with Gasteiger partial charge >= 0.3 is 0 Å². The number of hydrogen-bond acceptors (Lipinski definition) is 3. The zero-order valence-electron chi connectivity index (χ0n) is 10.2. The summed E-state index contributed by atoms with van der Waals surface area (Å²) < 4.78 is 0. The fraction of sp³-hybridized carbons (Fsp3) is 0.231. The average molecular weight is 244 g/mol. The number of carbonyl (C=O) groups excluding carboxylic acids is 1. The molecule has 0 atom stereocenters. The van der Waals surface area contributed by atoms with E-state index in [0.717, 1.165) is 11.4 Å². The number of aromatic nitrogens is 2. The first-order chi connectivity index (χ1) is 8.79. The zero-order chi connectivity index (χ0) is 12.8. The van der Waals surface area contributed by atoms with Gasteiger partial charge in [-0.2, -0.15) is 0 Å². The Morgan fingerprint density at radius 2 is 2.33 bits per heavy atom. The monoisotopic (exact) mass is 244 g/mol. The lowest BCUT2D eigenvalue weighted by Crippen LogP contribution is -2.22. The van der Waals surface area contributed by atoms with Gasteiger partial charge in [-0.1, -0.05) is 6.07 Å². The van der Waals surface area contributed by atoms with Gasteiger partial charge in [0.2, 0.25) is 0 Å². The lowest BCUT2D eigenvalue weighted by atomic mass is 10.2. The molecule has 0 saturated carbocycles. The highest BCUT2D eigenvalue weighted by Gasteiger charge is 2.04. The largest absolute Gasteiger partial charge is 0.379 e. The number of H-pyrrole nitrogens is 1. The summed E-state index contributed by atoms with van der Waals surface area (Å²) in [5.41, 5.74) is 2.57. The summed E-state index contributed by atoms with van der Waals surface area (Å²) in [4.78, 5) is 18.6. The molecule has 0 fully saturated rings. The minimum Gasteiger partial charge on any atom is -0.379 e. The average Bonchev–Trinajstić information content (AvgIpc) is 2.90. The molecule has 1 aromatic carbocycles. The van der Waals surface area contributed by atoms with Gasteiger partial charge in [0.15, 0.2) is 0 Å². The summed E-state index contributed by atoms with van der Waals surface area (Å²) in [7, 11) is 0. The van der Waals surface area contributed by atoms with E-state index in [9.17, 15) is 4.79 Å². The van der Waals surface area contributed by atoms with Gasteiger partial charge in [-0.3, -0.25) is 4.79 Å². The highest BCUT2D eigenvalue weighted by molar-refractivity contribution is 5.95. The van der Waals surface area contributed by atoms with Crippen molar-refractivity contribution >= 4 is 11.6 Å². The van der Waals surface area contributed by atoms with Gasteiger partial charge in [-0.05, 0) is 25.1 Å². The molecule has 0 aliphatic carbocycles. The fourth-order valence-electron chi connectivity index (χ4n) is 1.61. The summed E-state index contributed by atoms with van der Waals surface area (Å²) in [6, 6.07) is 7.42. The SMILES string of the molecule is CCNC(=O)c1cccc(NCc2cnc[nH]2)c1. The third-order valence-electron chi connectivity index (χ3n) is 2.50. The van der Waals surface area contributed by atoms with Crippen LogP contribution in [0.3, 0.4) is 0 Å². The number of amides is 1. The minimum absolute atomic E-state index is 0.0531. The Labute approximate surface area is 106 Å². The molecule has 0 radical (unpaired) electrons. The lowest BCUT2D eigenvalue weighted by Gasteiger charge is -2.07. The summed E-state index contributed by atoms with van der Waals surface area (Å²) in [6.45, 7) is 3.18. The van der Waals surface area contributed by atoms with Crippen LogP contribution < -0.4 is 10.6 Å². The molecule has 0 aliphatic heterocycles. The zero-order valence-corrected chi connectivity index (χ0v) is 10.2. The van der Waals surface area contributed by atoms with Gasteiger partial charge in [0.1, 0.15) is 0 Å². The maximum absolute atomic E-state index is 11.7. The number of nitrogens with one attached hydrogen (secondary N) is 3. The molecule has 3 N–H and O–H groups in total. The van der Waals surface area contributed by atoms with Crippen molar-refractivity contribution in [1.82, 2.24) is 15.3 Å². The quantitative estimate of drug-likeness (QED) is 0.750. The summed E-state index contributed by atoms with van der Waals surface area (Å²) in [5, 5.41) is 6.01. The van der Waals surface area contributed by atoms with Crippen LogP contribution in [0.5, 0.6) is 0 Å². The molecule has 0 aliphatic rings. The van der Waals surface area contributed by atoms with Crippen molar-refractivity contribution in [1.29, 1.82) is 0 Å². The van der Waals surface area contributed by atoms with Crippen molar-refractivity contribution in [3.8, 4) is 0 Å². The van der Waals surface area contributed by atoms with Crippen molar-refractivity contribution < 1.29 is 4.79 Å².